The lowest BCUT2D eigenvalue weighted by Gasteiger charge is -2.11. The summed E-state index contributed by atoms with van der Waals surface area (Å²) in [6.45, 7) is 0. The summed E-state index contributed by atoms with van der Waals surface area (Å²) in [7, 11) is 0. The van der Waals surface area contributed by atoms with Gasteiger partial charge in [-0.2, -0.15) is 0 Å². The zero-order valence-electron chi connectivity index (χ0n) is 8.79. The first-order valence-corrected chi connectivity index (χ1v) is 7.55. The molecule has 0 saturated heterocycles. The fourth-order valence-electron chi connectivity index (χ4n) is 1.39. The standard InChI is InChI=1S/C13H9BrClIO/c14-8-9-2-1-3-12(15)13(9)17-11-6-4-10(16)5-7-11/h1-7H,8H2. The van der Waals surface area contributed by atoms with Gasteiger partial charge in [-0.15, -0.1) is 0 Å². The second-order valence-electron chi connectivity index (χ2n) is 3.42. The van der Waals surface area contributed by atoms with Crippen molar-refractivity contribution in [3.05, 3.63) is 56.6 Å². The summed E-state index contributed by atoms with van der Waals surface area (Å²) >= 11 is 11.8. The van der Waals surface area contributed by atoms with Gasteiger partial charge in [0.25, 0.3) is 0 Å². The largest absolute Gasteiger partial charge is 0.455 e. The van der Waals surface area contributed by atoms with Crippen molar-refractivity contribution in [1.29, 1.82) is 0 Å². The number of hydrogen-bond acceptors (Lipinski definition) is 1. The van der Waals surface area contributed by atoms with Crippen molar-refractivity contribution >= 4 is 50.1 Å². The minimum atomic E-state index is 0.625. The molecular weight excluding hydrogens is 414 g/mol. The van der Waals surface area contributed by atoms with Crippen LogP contribution in [0.5, 0.6) is 11.5 Å². The van der Waals surface area contributed by atoms with E-state index in [1.165, 1.54) is 3.57 Å². The van der Waals surface area contributed by atoms with Crippen molar-refractivity contribution in [3.8, 4) is 11.5 Å². The Morgan fingerprint density at radius 3 is 2.47 bits per heavy atom. The summed E-state index contributed by atoms with van der Waals surface area (Å²) in [4.78, 5) is 0. The Bertz CT molecular complexity index is 513. The molecule has 1 nitrogen and oxygen atoms in total. The average Bonchev–Trinajstić information content (AvgIpc) is 2.34. The molecule has 0 amide bonds. The summed E-state index contributed by atoms with van der Waals surface area (Å²) in [5.41, 5.74) is 1.04. The molecule has 0 aliphatic rings. The van der Waals surface area contributed by atoms with Gasteiger partial charge in [0.2, 0.25) is 0 Å². The van der Waals surface area contributed by atoms with Crippen molar-refractivity contribution in [2.75, 3.05) is 0 Å². The van der Waals surface area contributed by atoms with Gasteiger partial charge in [-0.05, 0) is 52.9 Å². The molecule has 0 unspecified atom stereocenters. The summed E-state index contributed by atoms with van der Waals surface area (Å²) in [5, 5.41) is 1.34. The minimum Gasteiger partial charge on any atom is -0.455 e. The van der Waals surface area contributed by atoms with E-state index in [1.54, 1.807) is 0 Å². The molecule has 0 N–H and O–H groups in total. The van der Waals surface area contributed by atoms with E-state index in [-0.39, 0.29) is 0 Å². The van der Waals surface area contributed by atoms with Gasteiger partial charge in [-0.25, -0.2) is 0 Å². The van der Waals surface area contributed by atoms with Crippen LogP contribution in [0.4, 0.5) is 0 Å². The Balaban J connectivity index is 2.32. The second kappa shape index (κ2) is 6.07. The first-order chi connectivity index (χ1) is 8.20. The molecule has 4 heteroatoms. The van der Waals surface area contributed by atoms with E-state index in [1.807, 2.05) is 42.5 Å². The fourth-order valence-corrected chi connectivity index (χ4v) is 2.43. The highest BCUT2D eigenvalue weighted by Gasteiger charge is 2.08. The van der Waals surface area contributed by atoms with Gasteiger partial charge in [0.15, 0.2) is 0 Å². The Morgan fingerprint density at radius 1 is 1.12 bits per heavy atom. The van der Waals surface area contributed by atoms with E-state index in [0.29, 0.717) is 16.1 Å². The summed E-state index contributed by atoms with van der Waals surface area (Å²) in [6, 6.07) is 13.6. The van der Waals surface area contributed by atoms with Gasteiger partial charge >= 0.3 is 0 Å². The Morgan fingerprint density at radius 2 is 1.82 bits per heavy atom. The molecule has 0 spiro atoms. The molecule has 0 bridgehead atoms. The molecule has 0 aromatic heterocycles. The lowest BCUT2D eigenvalue weighted by atomic mass is 10.2. The normalized spacial score (nSPS) is 10.3. The van der Waals surface area contributed by atoms with E-state index >= 15 is 0 Å². The molecule has 0 aliphatic carbocycles. The van der Waals surface area contributed by atoms with Crippen LogP contribution >= 0.6 is 50.1 Å². The van der Waals surface area contributed by atoms with Crippen molar-refractivity contribution in [3.63, 3.8) is 0 Å². The molecule has 0 fully saturated rings. The molecule has 0 heterocycles. The molecule has 17 heavy (non-hydrogen) atoms. The lowest BCUT2D eigenvalue weighted by molar-refractivity contribution is 0.479. The zero-order valence-corrected chi connectivity index (χ0v) is 13.3. The van der Waals surface area contributed by atoms with Gasteiger partial charge < -0.3 is 4.74 Å². The summed E-state index contributed by atoms with van der Waals surface area (Å²) < 4.78 is 7.00. The quantitative estimate of drug-likeness (QED) is 0.459. The predicted molar refractivity (Wildman–Crippen MR) is 83.3 cm³/mol. The van der Waals surface area contributed by atoms with Crippen molar-refractivity contribution < 1.29 is 4.74 Å². The third-order valence-electron chi connectivity index (χ3n) is 2.23. The Labute approximate surface area is 127 Å². The summed E-state index contributed by atoms with van der Waals surface area (Å²) in [5.74, 6) is 1.51. The second-order valence-corrected chi connectivity index (χ2v) is 5.63. The monoisotopic (exact) mass is 422 g/mol. The molecule has 2 aromatic carbocycles. The maximum atomic E-state index is 6.14. The Hall–Kier alpha value is -0.260. The lowest BCUT2D eigenvalue weighted by Crippen LogP contribution is -1.90. The molecule has 0 saturated carbocycles. The van der Waals surface area contributed by atoms with E-state index in [2.05, 4.69) is 38.5 Å². The minimum absolute atomic E-state index is 0.625. The molecule has 88 valence electrons. The zero-order chi connectivity index (χ0) is 12.3. The number of alkyl halides is 1. The Kier molecular flexibility index (Phi) is 4.70. The topological polar surface area (TPSA) is 9.23 Å². The number of halogens is 3. The SMILES string of the molecule is Clc1cccc(CBr)c1Oc1ccc(I)cc1. The molecule has 0 radical (unpaired) electrons. The highest BCUT2D eigenvalue weighted by molar-refractivity contribution is 14.1. The maximum absolute atomic E-state index is 6.14. The van der Waals surface area contributed by atoms with Gasteiger partial charge in [0, 0.05) is 14.5 Å². The third-order valence-corrected chi connectivity index (χ3v) is 3.85. The van der Waals surface area contributed by atoms with E-state index in [4.69, 9.17) is 16.3 Å². The van der Waals surface area contributed by atoms with Crippen LogP contribution in [0.25, 0.3) is 0 Å². The molecule has 2 aromatic rings. The molecule has 0 aliphatic heterocycles. The number of para-hydroxylation sites is 1. The van der Waals surface area contributed by atoms with Crippen LogP contribution in [-0.2, 0) is 5.33 Å². The van der Waals surface area contributed by atoms with Crippen LogP contribution in [-0.4, -0.2) is 0 Å². The van der Waals surface area contributed by atoms with Crippen LogP contribution in [0.1, 0.15) is 5.56 Å². The van der Waals surface area contributed by atoms with Gasteiger partial charge in [0.05, 0.1) is 5.02 Å². The molecule has 2 rings (SSSR count). The van der Waals surface area contributed by atoms with Gasteiger partial charge in [-0.3, -0.25) is 0 Å². The van der Waals surface area contributed by atoms with Gasteiger partial charge in [-0.1, -0.05) is 39.7 Å². The van der Waals surface area contributed by atoms with Crippen LogP contribution < -0.4 is 4.74 Å². The van der Waals surface area contributed by atoms with Crippen LogP contribution in [0, 0.1) is 3.57 Å². The van der Waals surface area contributed by atoms with Crippen LogP contribution in [0.15, 0.2) is 42.5 Å². The third kappa shape index (κ3) is 3.36. The van der Waals surface area contributed by atoms with Gasteiger partial charge in [0.1, 0.15) is 11.5 Å². The number of benzene rings is 2. The first-order valence-electron chi connectivity index (χ1n) is 4.97. The fraction of sp³-hybridized carbons (Fsp3) is 0.0769. The summed E-state index contributed by atoms with van der Waals surface area (Å²) in [6.07, 6.45) is 0. The number of hydrogen-bond donors (Lipinski definition) is 0. The molecular formula is C13H9BrClIO. The van der Waals surface area contributed by atoms with Crippen LogP contribution in [0.3, 0.4) is 0 Å². The highest BCUT2D eigenvalue weighted by atomic mass is 127. The molecule has 0 atom stereocenters. The smallest absolute Gasteiger partial charge is 0.150 e. The highest BCUT2D eigenvalue weighted by Crippen LogP contribution is 2.34. The van der Waals surface area contributed by atoms with Crippen LogP contribution in [0.2, 0.25) is 5.02 Å². The van der Waals surface area contributed by atoms with E-state index < -0.39 is 0 Å². The van der Waals surface area contributed by atoms with Crippen molar-refractivity contribution in [1.82, 2.24) is 0 Å². The van der Waals surface area contributed by atoms with Crippen molar-refractivity contribution in [2.24, 2.45) is 0 Å². The van der Waals surface area contributed by atoms with Crippen molar-refractivity contribution in [2.45, 2.75) is 5.33 Å². The van der Waals surface area contributed by atoms with E-state index in [0.717, 1.165) is 11.3 Å². The van der Waals surface area contributed by atoms with E-state index in [9.17, 15) is 0 Å². The predicted octanol–water partition coefficient (Wildman–Crippen LogP) is 5.63. The number of rotatable bonds is 3. The average molecular weight is 423 g/mol. The number of ether oxygens (including phenoxy) is 1. The first kappa shape index (κ1) is 13.2. The maximum Gasteiger partial charge on any atom is 0.150 e.